The fraction of sp³-hybridized carbons (Fsp3) is 0.550. The number of oxime groups is 1. The van der Waals surface area contributed by atoms with Crippen LogP contribution in [0.5, 0.6) is 0 Å². The number of carbonyl (C=O) groups excluding carboxylic acids is 2. The van der Waals surface area contributed by atoms with Gasteiger partial charge < -0.3 is 25.9 Å². The molecule has 14 heteroatoms. The van der Waals surface area contributed by atoms with E-state index in [0.717, 1.165) is 17.0 Å². The van der Waals surface area contributed by atoms with Gasteiger partial charge >= 0.3 is 5.97 Å². The van der Waals surface area contributed by atoms with Gasteiger partial charge in [0.25, 0.3) is 5.91 Å². The van der Waals surface area contributed by atoms with Gasteiger partial charge in [0.2, 0.25) is 5.91 Å². The number of thioether (sulfide) groups is 1. The summed E-state index contributed by atoms with van der Waals surface area (Å²) in [6.45, 7) is 3.54. The standard InChI is InChI=1S/C20H26N6O6S2/c1-20(2)14(18(29)30)26-16(28)13(17(26)34-20)23-15(27)12(11-8-33-19(21)22-11)25-32-10-6-4-9(5-7-10)24-31-3/h4,8,10,13-14,17,24H,5-7H2,1-3H3,(H2,21,22)(H,23,27)(H,29,30)/t10?,13-,14+,17-/m1/s1. The lowest BCUT2D eigenvalue weighted by atomic mass is 9.96. The molecule has 0 spiro atoms. The number of hydrogen-bond donors (Lipinski definition) is 4. The first-order valence-corrected chi connectivity index (χ1v) is 12.3. The van der Waals surface area contributed by atoms with Gasteiger partial charge in [-0.1, -0.05) is 11.2 Å². The van der Waals surface area contributed by atoms with Crippen LogP contribution in [0.1, 0.15) is 38.8 Å². The molecule has 2 fully saturated rings. The molecule has 3 heterocycles. The third-order valence-corrected chi connectivity index (χ3v) is 8.08. The number of allylic oxidation sites excluding steroid dienone is 1. The fourth-order valence-electron chi connectivity index (χ4n) is 4.21. The van der Waals surface area contributed by atoms with Crippen LogP contribution in [-0.2, 0) is 24.1 Å². The maximum Gasteiger partial charge on any atom is 0.327 e. The van der Waals surface area contributed by atoms with E-state index in [0.29, 0.717) is 19.3 Å². The van der Waals surface area contributed by atoms with E-state index in [9.17, 15) is 19.5 Å². The number of hydroxylamine groups is 1. The van der Waals surface area contributed by atoms with Crippen molar-refractivity contribution in [1.82, 2.24) is 20.7 Å². The van der Waals surface area contributed by atoms with Crippen molar-refractivity contribution in [2.24, 2.45) is 5.16 Å². The fourth-order valence-corrected chi connectivity index (χ4v) is 6.39. The molecule has 0 radical (unpaired) electrons. The van der Waals surface area contributed by atoms with E-state index in [1.165, 1.54) is 23.8 Å². The third kappa shape index (κ3) is 4.57. The topological polar surface area (TPSA) is 168 Å². The summed E-state index contributed by atoms with van der Waals surface area (Å²) >= 11 is 2.49. The van der Waals surface area contributed by atoms with E-state index in [-0.39, 0.29) is 22.6 Å². The van der Waals surface area contributed by atoms with E-state index in [4.69, 9.17) is 15.4 Å². The average molecular weight is 511 g/mol. The van der Waals surface area contributed by atoms with Crippen LogP contribution in [0, 0.1) is 0 Å². The summed E-state index contributed by atoms with van der Waals surface area (Å²) in [5.74, 6) is -2.16. The summed E-state index contributed by atoms with van der Waals surface area (Å²) in [5.41, 5.74) is 9.62. The molecule has 5 N–H and O–H groups in total. The Morgan fingerprint density at radius 1 is 1.41 bits per heavy atom. The SMILES string of the molecule is CONC1=CCC(ON=C(C(=O)N[C@@H]2C(=O)N3[C@@H]2SC(C)(C)[C@@H]3C(=O)O)c2csc(N)n2)CC1. The number of rotatable bonds is 8. The summed E-state index contributed by atoms with van der Waals surface area (Å²) in [5, 5.41) is 17.7. The number of carbonyl (C=O) groups is 3. The number of fused-ring (bicyclic) bond motifs is 1. The second kappa shape index (κ2) is 9.43. The van der Waals surface area contributed by atoms with Crippen LogP contribution in [0.25, 0.3) is 0 Å². The molecule has 4 rings (SSSR count). The number of carboxylic acids is 1. The van der Waals surface area contributed by atoms with Gasteiger partial charge in [-0.05, 0) is 26.7 Å². The highest BCUT2D eigenvalue weighted by molar-refractivity contribution is 8.01. The van der Waals surface area contributed by atoms with Crippen molar-refractivity contribution in [2.75, 3.05) is 12.8 Å². The summed E-state index contributed by atoms with van der Waals surface area (Å²) in [6.07, 6.45) is 3.63. The Balaban J connectivity index is 1.48. The number of aliphatic carboxylic acids is 1. The van der Waals surface area contributed by atoms with Crippen molar-refractivity contribution in [3.05, 3.63) is 22.8 Å². The van der Waals surface area contributed by atoms with Gasteiger partial charge in [0.1, 0.15) is 29.3 Å². The zero-order chi connectivity index (χ0) is 24.6. The third-order valence-electron chi connectivity index (χ3n) is 5.83. The molecule has 0 aromatic carbocycles. The average Bonchev–Trinajstić information content (AvgIpc) is 3.32. The molecule has 184 valence electrons. The van der Waals surface area contributed by atoms with Crippen molar-refractivity contribution in [3.63, 3.8) is 0 Å². The Bertz CT molecular complexity index is 1060. The Morgan fingerprint density at radius 3 is 2.76 bits per heavy atom. The number of carboxylic acid groups (broad SMARTS) is 1. The minimum atomic E-state index is -1.07. The van der Waals surface area contributed by atoms with E-state index in [1.807, 2.05) is 6.08 Å². The second-order valence-corrected chi connectivity index (χ2v) is 11.3. The van der Waals surface area contributed by atoms with Crippen LogP contribution in [-0.4, -0.2) is 73.9 Å². The number of anilines is 1. The first-order valence-electron chi connectivity index (χ1n) is 10.6. The maximum absolute atomic E-state index is 13.1. The summed E-state index contributed by atoms with van der Waals surface area (Å²) in [6, 6.07) is -1.84. The first kappa shape index (κ1) is 24.3. The largest absolute Gasteiger partial charge is 0.480 e. The van der Waals surface area contributed by atoms with Gasteiger partial charge in [0.05, 0.1) is 7.11 Å². The van der Waals surface area contributed by atoms with E-state index < -0.39 is 40.0 Å². The predicted molar refractivity (Wildman–Crippen MR) is 126 cm³/mol. The molecule has 12 nitrogen and oxygen atoms in total. The molecule has 34 heavy (non-hydrogen) atoms. The molecule has 2 saturated heterocycles. The minimum absolute atomic E-state index is 0.0963. The van der Waals surface area contributed by atoms with E-state index in [2.05, 4.69) is 20.9 Å². The number of β-lactam (4-membered cyclic amide) rings is 1. The zero-order valence-electron chi connectivity index (χ0n) is 18.8. The molecular formula is C20H26N6O6S2. The second-order valence-electron chi connectivity index (χ2n) is 8.60. The van der Waals surface area contributed by atoms with E-state index in [1.54, 1.807) is 19.2 Å². The van der Waals surface area contributed by atoms with Crippen molar-refractivity contribution in [1.29, 1.82) is 0 Å². The van der Waals surface area contributed by atoms with Crippen LogP contribution >= 0.6 is 23.1 Å². The number of thiazole rings is 1. The molecule has 0 saturated carbocycles. The minimum Gasteiger partial charge on any atom is -0.480 e. The van der Waals surface area contributed by atoms with Crippen molar-refractivity contribution < 1.29 is 29.2 Å². The Hall–Kier alpha value is -2.84. The lowest BCUT2D eigenvalue weighted by molar-refractivity contribution is -0.160. The number of nitrogen functional groups attached to an aromatic ring is 1. The lowest BCUT2D eigenvalue weighted by Crippen LogP contribution is -2.71. The number of aromatic nitrogens is 1. The maximum atomic E-state index is 13.1. The molecule has 4 atom stereocenters. The highest BCUT2D eigenvalue weighted by atomic mass is 32.2. The molecule has 0 bridgehead atoms. The Kier molecular flexibility index (Phi) is 6.73. The van der Waals surface area contributed by atoms with Crippen molar-refractivity contribution in [2.45, 2.75) is 61.4 Å². The predicted octanol–water partition coefficient (Wildman–Crippen LogP) is 0.665. The van der Waals surface area contributed by atoms with Gasteiger partial charge in [-0.25, -0.2) is 9.78 Å². The number of hydrogen-bond acceptors (Lipinski definition) is 11. The lowest BCUT2D eigenvalue weighted by Gasteiger charge is -2.43. The highest BCUT2D eigenvalue weighted by Gasteiger charge is 2.64. The van der Waals surface area contributed by atoms with Crippen LogP contribution in [0.4, 0.5) is 5.13 Å². The smallest absolute Gasteiger partial charge is 0.327 e. The molecule has 1 unspecified atom stereocenters. The van der Waals surface area contributed by atoms with Crippen LogP contribution in [0.3, 0.4) is 0 Å². The molecule has 2 aliphatic heterocycles. The first-order chi connectivity index (χ1) is 16.1. The summed E-state index contributed by atoms with van der Waals surface area (Å²) in [4.78, 5) is 53.6. The van der Waals surface area contributed by atoms with Gasteiger partial charge in [0, 0.05) is 22.2 Å². The van der Waals surface area contributed by atoms with Gasteiger partial charge in [-0.15, -0.1) is 23.1 Å². The quantitative estimate of drug-likeness (QED) is 0.221. The molecule has 1 aliphatic carbocycles. The molecular weight excluding hydrogens is 484 g/mol. The molecule has 3 aliphatic rings. The van der Waals surface area contributed by atoms with E-state index >= 15 is 0 Å². The van der Waals surface area contributed by atoms with Crippen molar-refractivity contribution in [3.8, 4) is 0 Å². The molecule has 1 aromatic heterocycles. The number of nitrogens with zero attached hydrogens (tertiary/aromatic N) is 3. The summed E-state index contributed by atoms with van der Waals surface area (Å²) < 4.78 is -0.694. The molecule has 2 amide bonds. The van der Waals surface area contributed by atoms with Gasteiger partial charge in [0.15, 0.2) is 10.8 Å². The Morgan fingerprint density at radius 2 is 2.18 bits per heavy atom. The normalized spacial score (nSPS) is 28.0. The van der Waals surface area contributed by atoms with Gasteiger partial charge in [-0.2, -0.15) is 0 Å². The number of nitrogens with one attached hydrogen (secondary N) is 2. The highest BCUT2D eigenvalue weighted by Crippen LogP contribution is 2.50. The van der Waals surface area contributed by atoms with Crippen LogP contribution in [0.15, 0.2) is 22.3 Å². The monoisotopic (exact) mass is 510 g/mol. The molecule has 1 aromatic rings. The van der Waals surface area contributed by atoms with Crippen molar-refractivity contribution >= 4 is 51.7 Å². The summed E-state index contributed by atoms with van der Waals surface area (Å²) in [7, 11) is 1.54. The number of nitrogens with two attached hydrogens (primary N) is 1. The Labute approximate surface area is 203 Å². The zero-order valence-corrected chi connectivity index (χ0v) is 20.4. The van der Waals surface area contributed by atoms with Gasteiger partial charge in [-0.3, -0.25) is 19.9 Å². The number of amides is 2. The van der Waals surface area contributed by atoms with Crippen LogP contribution in [0.2, 0.25) is 0 Å². The van der Waals surface area contributed by atoms with Crippen LogP contribution < -0.4 is 16.5 Å².